The molecule has 0 aliphatic rings. The van der Waals surface area contributed by atoms with Crippen LogP contribution in [0.4, 0.5) is 0 Å². The zero-order valence-corrected chi connectivity index (χ0v) is 8.00. The van der Waals surface area contributed by atoms with Crippen LogP contribution in [0, 0.1) is 0 Å². The van der Waals surface area contributed by atoms with E-state index in [4.69, 9.17) is 5.11 Å². The molecule has 5 heteroatoms. The standard InChI is InChI=1S/C8H5BrN2O2/c9-6-3-4(8(12)13)7-5(11-6)1-2-10-7/h1-3,10H,(H,12,13). The first-order valence-electron chi connectivity index (χ1n) is 3.55. The fraction of sp³-hybridized carbons (Fsp3) is 0. The van der Waals surface area contributed by atoms with Gasteiger partial charge in [-0.1, -0.05) is 0 Å². The van der Waals surface area contributed by atoms with Gasteiger partial charge in [-0.25, -0.2) is 9.78 Å². The van der Waals surface area contributed by atoms with Crippen molar-refractivity contribution in [1.29, 1.82) is 0 Å². The van der Waals surface area contributed by atoms with Gasteiger partial charge in [0.25, 0.3) is 0 Å². The molecule has 0 bridgehead atoms. The summed E-state index contributed by atoms with van der Waals surface area (Å²) in [6, 6.07) is 3.20. The third kappa shape index (κ3) is 1.31. The molecule has 2 aromatic rings. The molecule has 0 aromatic carbocycles. The lowest BCUT2D eigenvalue weighted by atomic mass is 10.2. The number of pyridine rings is 1. The number of halogens is 1. The number of H-pyrrole nitrogens is 1. The first-order valence-corrected chi connectivity index (χ1v) is 4.34. The monoisotopic (exact) mass is 240 g/mol. The van der Waals surface area contributed by atoms with Crippen molar-refractivity contribution in [2.45, 2.75) is 0 Å². The Balaban J connectivity index is 2.84. The summed E-state index contributed by atoms with van der Waals surface area (Å²) < 4.78 is 0.525. The minimum absolute atomic E-state index is 0.224. The maximum atomic E-state index is 10.8. The van der Waals surface area contributed by atoms with Gasteiger partial charge >= 0.3 is 5.97 Å². The molecule has 2 aromatic heterocycles. The third-order valence-electron chi connectivity index (χ3n) is 1.72. The second kappa shape index (κ2) is 2.85. The molecular formula is C8H5BrN2O2. The van der Waals surface area contributed by atoms with Gasteiger partial charge in [0.15, 0.2) is 0 Å². The molecule has 0 spiro atoms. The van der Waals surface area contributed by atoms with Gasteiger partial charge in [-0.3, -0.25) is 0 Å². The Bertz CT molecular complexity index is 478. The number of rotatable bonds is 1. The van der Waals surface area contributed by atoms with Crippen molar-refractivity contribution in [2.24, 2.45) is 0 Å². The lowest BCUT2D eigenvalue weighted by Crippen LogP contribution is -1.98. The smallest absolute Gasteiger partial charge is 0.337 e. The highest BCUT2D eigenvalue weighted by Gasteiger charge is 2.11. The molecule has 2 rings (SSSR count). The van der Waals surface area contributed by atoms with E-state index in [1.807, 2.05) is 0 Å². The molecule has 0 aliphatic carbocycles. The number of aromatic amines is 1. The Kier molecular flexibility index (Phi) is 1.81. The van der Waals surface area contributed by atoms with Crippen molar-refractivity contribution >= 4 is 32.9 Å². The number of hydrogen-bond donors (Lipinski definition) is 2. The quantitative estimate of drug-likeness (QED) is 0.750. The first-order chi connectivity index (χ1) is 6.18. The SMILES string of the molecule is O=C(O)c1cc(Br)nc2cc[nH]c12. The van der Waals surface area contributed by atoms with E-state index in [2.05, 4.69) is 25.9 Å². The minimum Gasteiger partial charge on any atom is -0.478 e. The van der Waals surface area contributed by atoms with Crippen molar-refractivity contribution in [3.05, 3.63) is 28.5 Å². The van der Waals surface area contributed by atoms with Crippen LogP contribution in [-0.4, -0.2) is 21.0 Å². The predicted octanol–water partition coefficient (Wildman–Crippen LogP) is 2.02. The van der Waals surface area contributed by atoms with Crippen LogP contribution in [0.5, 0.6) is 0 Å². The average Bonchev–Trinajstić information content (AvgIpc) is 2.49. The molecule has 0 atom stereocenters. The number of hydrogen-bond acceptors (Lipinski definition) is 2. The molecule has 0 unspecified atom stereocenters. The van der Waals surface area contributed by atoms with Crippen LogP contribution in [0.25, 0.3) is 11.0 Å². The van der Waals surface area contributed by atoms with Gasteiger partial charge in [-0.05, 0) is 28.1 Å². The molecule has 0 fully saturated rings. The fourth-order valence-electron chi connectivity index (χ4n) is 1.18. The van der Waals surface area contributed by atoms with Gasteiger partial charge in [0.2, 0.25) is 0 Å². The van der Waals surface area contributed by atoms with E-state index in [-0.39, 0.29) is 5.56 Å². The zero-order valence-electron chi connectivity index (χ0n) is 6.41. The fourth-order valence-corrected chi connectivity index (χ4v) is 1.60. The van der Waals surface area contributed by atoms with Gasteiger partial charge < -0.3 is 10.1 Å². The Morgan fingerprint density at radius 2 is 2.38 bits per heavy atom. The molecule has 0 amide bonds. The number of carbonyl (C=O) groups is 1. The highest BCUT2D eigenvalue weighted by atomic mass is 79.9. The van der Waals surface area contributed by atoms with E-state index >= 15 is 0 Å². The molecule has 0 radical (unpaired) electrons. The summed E-state index contributed by atoms with van der Waals surface area (Å²) in [5.74, 6) is -0.962. The van der Waals surface area contributed by atoms with Crippen LogP contribution in [0.2, 0.25) is 0 Å². The van der Waals surface area contributed by atoms with Crippen LogP contribution in [0.1, 0.15) is 10.4 Å². The maximum Gasteiger partial charge on any atom is 0.337 e. The normalized spacial score (nSPS) is 10.5. The number of carboxylic acids is 1. The van der Waals surface area contributed by atoms with E-state index in [1.165, 1.54) is 6.07 Å². The summed E-state index contributed by atoms with van der Waals surface area (Å²) in [7, 11) is 0. The van der Waals surface area contributed by atoms with Crippen LogP contribution in [0.3, 0.4) is 0 Å². The van der Waals surface area contributed by atoms with Gasteiger partial charge in [-0.15, -0.1) is 0 Å². The number of fused-ring (bicyclic) bond motifs is 1. The Morgan fingerprint density at radius 1 is 1.62 bits per heavy atom. The van der Waals surface area contributed by atoms with E-state index in [1.54, 1.807) is 12.3 Å². The molecule has 2 N–H and O–H groups in total. The van der Waals surface area contributed by atoms with E-state index in [0.717, 1.165) is 0 Å². The second-order valence-corrected chi connectivity index (χ2v) is 3.35. The van der Waals surface area contributed by atoms with Crippen LogP contribution in [-0.2, 0) is 0 Å². The van der Waals surface area contributed by atoms with Crippen LogP contribution < -0.4 is 0 Å². The highest BCUT2D eigenvalue weighted by Crippen LogP contribution is 2.19. The molecule has 4 nitrogen and oxygen atoms in total. The molecule has 13 heavy (non-hydrogen) atoms. The zero-order chi connectivity index (χ0) is 9.42. The number of nitrogens with zero attached hydrogens (tertiary/aromatic N) is 1. The van der Waals surface area contributed by atoms with Crippen molar-refractivity contribution < 1.29 is 9.90 Å². The summed E-state index contributed by atoms with van der Waals surface area (Å²) in [6.07, 6.45) is 1.66. The summed E-state index contributed by atoms with van der Waals surface area (Å²) in [5, 5.41) is 8.86. The third-order valence-corrected chi connectivity index (χ3v) is 2.12. The van der Waals surface area contributed by atoms with Crippen molar-refractivity contribution in [2.75, 3.05) is 0 Å². The van der Waals surface area contributed by atoms with Gasteiger partial charge in [0.1, 0.15) is 4.60 Å². The molecular weight excluding hydrogens is 236 g/mol. The van der Waals surface area contributed by atoms with Crippen LogP contribution >= 0.6 is 15.9 Å². The van der Waals surface area contributed by atoms with E-state index in [0.29, 0.717) is 15.6 Å². The number of carboxylic acid groups (broad SMARTS) is 1. The highest BCUT2D eigenvalue weighted by molar-refractivity contribution is 9.10. The van der Waals surface area contributed by atoms with Crippen molar-refractivity contribution in [3.63, 3.8) is 0 Å². The van der Waals surface area contributed by atoms with E-state index < -0.39 is 5.97 Å². The largest absolute Gasteiger partial charge is 0.478 e. The molecule has 0 aliphatic heterocycles. The number of aromatic nitrogens is 2. The lowest BCUT2D eigenvalue weighted by molar-refractivity contribution is 0.0698. The Morgan fingerprint density at radius 3 is 3.08 bits per heavy atom. The van der Waals surface area contributed by atoms with Gasteiger partial charge in [-0.2, -0.15) is 0 Å². The topological polar surface area (TPSA) is 66.0 Å². The van der Waals surface area contributed by atoms with Crippen molar-refractivity contribution in [3.8, 4) is 0 Å². The minimum atomic E-state index is -0.962. The van der Waals surface area contributed by atoms with Crippen molar-refractivity contribution in [1.82, 2.24) is 9.97 Å². The molecule has 66 valence electrons. The molecule has 0 saturated heterocycles. The maximum absolute atomic E-state index is 10.8. The van der Waals surface area contributed by atoms with Gasteiger partial charge in [0, 0.05) is 6.20 Å². The molecule has 2 heterocycles. The predicted molar refractivity (Wildman–Crippen MR) is 50.8 cm³/mol. The second-order valence-electron chi connectivity index (χ2n) is 2.54. The van der Waals surface area contributed by atoms with Crippen LogP contribution in [0.15, 0.2) is 22.9 Å². The Hall–Kier alpha value is -1.36. The summed E-state index contributed by atoms with van der Waals surface area (Å²) in [4.78, 5) is 17.7. The molecule has 0 saturated carbocycles. The summed E-state index contributed by atoms with van der Waals surface area (Å²) >= 11 is 3.15. The lowest BCUT2D eigenvalue weighted by Gasteiger charge is -1.97. The van der Waals surface area contributed by atoms with E-state index in [9.17, 15) is 4.79 Å². The van der Waals surface area contributed by atoms with Gasteiger partial charge in [0.05, 0.1) is 16.6 Å². The number of nitrogens with one attached hydrogen (secondary N) is 1. The number of aromatic carboxylic acids is 1. The summed E-state index contributed by atoms with van der Waals surface area (Å²) in [5.41, 5.74) is 1.42. The first kappa shape index (κ1) is 8.25. The Labute approximate surface area is 81.7 Å². The summed E-state index contributed by atoms with van der Waals surface area (Å²) in [6.45, 7) is 0. The average molecular weight is 241 g/mol.